The van der Waals surface area contributed by atoms with Crippen molar-refractivity contribution in [2.75, 3.05) is 29.9 Å². The van der Waals surface area contributed by atoms with Crippen LogP contribution in [0.2, 0.25) is 5.02 Å². The van der Waals surface area contributed by atoms with Gasteiger partial charge in [0.05, 0.1) is 16.4 Å². The van der Waals surface area contributed by atoms with Crippen LogP contribution in [0.5, 0.6) is 0 Å². The zero-order valence-corrected chi connectivity index (χ0v) is 11.3. The fraction of sp³-hybridized carbons (Fsp3) is 0.462. The van der Waals surface area contributed by atoms with Gasteiger partial charge in [0.1, 0.15) is 0 Å². The molecule has 0 bridgehead atoms. The first-order chi connectivity index (χ1) is 8.61. The zero-order chi connectivity index (χ0) is 13.1. The molecule has 18 heavy (non-hydrogen) atoms. The van der Waals surface area contributed by atoms with Crippen LogP contribution in [0.15, 0.2) is 12.1 Å². The highest BCUT2D eigenvalue weighted by molar-refractivity contribution is 6.34. The summed E-state index contributed by atoms with van der Waals surface area (Å²) >= 11 is 6.22. The second kappa shape index (κ2) is 5.59. The number of nitrogens with one attached hydrogen (secondary N) is 1. The van der Waals surface area contributed by atoms with Gasteiger partial charge in [-0.3, -0.25) is 4.79 Å². The van der Waals surface area contributed by atoms with Gasteiger partial charge < -0.3 is 16.0 Å². The Labute approximate surface area is 112 Å². The van der Waals surface area contributed by atoms with Crippen LogP contribution in [-0.2, 0) is 4.79 Å². The van der Waals surface area contributed by atoms with Crippen molar-refractivity contribution in [1.29, 1.82) is 0 Å². The molecular weight excluding hydrogens is 250 g/mol. The standard InChI is InChI=1S/C13H18ClN3O/c1-9-7-10(14)13-11(8-9)17(5-2-4-15)6-3-12(18)16-13/h7-8H,2-6,15H2,1H3,(H,16,18). The Morgan fingerprint density at radius 2 is 2.28 bits per heavy atom. The van der Waals surface area contributed by atoms with Crippen LogP contribution in [0.25, 0.3) is 0 Å². The third-order valence-corrected chi connectivity index (χ3v) is 3.36. The van der Waals surface area contributed by atoms with E-state index in [4.69, 9.17) is 17.3 Å². The summed E-state index contributed by atoms with van der Waals surface area (Å²) in [6, 6.07) is 3.93. The van der Waals surface area contributed by atoms with Crippen LogP contribution >= 0.6 is 11.6 Å². The lowest BCUT2D eigenvalue weighted by atomic mass is 10.1. The van der Waals surface area contributed by atoms with Gasteiger partial charge in [-0.2, -0.15) is 0 Å². The number of carbonyl (C=O) groups is 1. The minimum atomic E-state index is 0.0113. The number of halogens is 1. The Morgan fingerprint density at radius 1 is 1.50 bits per heavy atom. The van der Waals surface area contributed by atoms with Gasteiger partial charge in [0.2, 0.25) is 5.91 Å². The van der Waals surface area contributed by atoms with Gasteiger partial charge in [0, 0.05) is 19.5 Å². The van der Waals surface area contributed by atoms with Gasteiger partial charge in [-0.1, -0.05) is 11.6 Å². The SMILES string of the molecule is Cc1cc(Cl)c2c(c1)N(CCCN)CCC(=O)N2. The second-order valence-electron chi connectivity index (χ2n) is 4.57. The number of nitrogens with two attached hydrogens (primary N) is 1. The Morgan fingerprint density at radius 3 is 3.00 bits per heavy atom. The number of rotatable bonds is 3. The van der Waals surface area contributed by atoms with Gasteiger partial charge in [0.15, 0.2) is 0 Å². The van der Waals surface area contributed by atoms with Crippen molar-refractivity contribution in [2.45, 2.75) is 19.8 Å². The molecule has 1 aliphatic rings. The number of fused-ring (bicyclic) bond motifs is 1. The predicted molar refractivity (Wildman–Crippen MR) is 75.3 cm³/mol. The van der Waals surface area contributed by atoms with E-state index in [9.17, 15) is 4.79 Å². The first-order valence-electron chi connectivity index (χ1n) is 6.17. The quantitative estimate of drug-likeness (QED) is 0.882. The summed E-state index contributed by atoms with van der Waals surface area (Å²) in [5.74, 6) is 0.0113. The lowest BCUT2D eigenvalue weighted by molar-refractivity contribution is -0.115. The van der Waals surface area contributed by atoms with E-state index in [1.165, 1.54) is 0 Å². The van der Waals surface area contributed by atoms with Crippen LogP contribution < -0.4 is 16.0 Å². The molecule has 0 aliphatic carbocycles. The van der Waals surface area contributed by atoms with Gasteiger partial charge in [-0.15, -0.1) is 0 Å². The minimum Gasteiger partial charge on any atom is -0.369 e. The highest BCUT2D eigenvalue weighted by Gasteiger charge is 2.21. The average Bonchev–Trinajstić information content (AvgIpc) is 2.47. The van der Waals surface area contributed by atoms with Gasteiger partial charge in [0.25, 0.3) is 0 Å². The van der Waals surface area contributed by atoms with Gasteiger partial charge in [-0.25, -0.2) is 0 Å². The van der Waals surface area contributed by atoms with Crippen molar-refractivity contribution in [3.05, 3.63) is 22.7 Å². The van der Waals surface area contributed by atoms with Gasteiger partial charge in [-0.05, 0) is 37.6 Å². The summed E-state index contributed by atoms with van der Waals surface area (Å²) in [4.78, 5) is 13.9. The topological polar surface area (TPSA) is 58.4 Å². The van der Waals surface area contributed by atoms with E-state index < -0.39 is 0 Å². The lowest BCUT2D eigenvalue weighted by Gasteiger charge is -2.24. The number of amides is 1. The van der Waals surface area contributed by atoms with E-state index in [1.54, 1.807) is 0 Å². The average molecular weight is 268 g/mol. The number of benzene rings is 1. The number of hydrogen-bond donors (Lipinski definition) is 2. The van der Waals surface area contributed by atoms with Crippen LogP contribution in [-0.4, -0.2) is 25.5 Å². The Balaban J connectivity index is 2.39. The number of hydrogen-bond acceptors (Lipinski definition) is 3. The van der Waals surface area contributed by atoms with E-state index in [0.717, 1.165) is 29.9 Å². The molecule has 1 aliphatic heterocycles. The summed E-state index contributed by atoms with van der Waals surface area (Å²) in [5.41, 5.74) is 8.37. The smallest absolute Gasteiger partial charge is 0.226 e. The predicted octanol–water partition coefficient (Wildman–Crippen LogP) is 2.15. The van der Waals surface area contributed by atoms with Crippen molar-refractivity contribution in [2.24, 2.45) is 5.73 Å². The van der Waals surface area contributed by atoms with Crippen molar-refractivity contribution < 1.29 is 4.79 Å². The molecule has 4 nitrogen and oxygen atoms in total. The first-order valence-corrected chi connectivity index (χ1v) is 6.54. The molecule has 0 spiro atoms. The van der Waals surface area contributed by atoms with Crippen LogP contribution in [0.4, 0.5) is 11.4 Å². The Kier molecular flexibility index (Phi) is 4.09. The van der Waals surface area contributed by atoms with E-state index in [1.807, 2.05) is 13.0 Å². The second-order valence-corrected chi connectivity index (χ2v) is 4.98. The van der Waals surface area contributed by atoms with E-state index in [2.05, 4.69) is 16.3 Å². The van der Waals surface area contributed by atoms with E-state index in [0.29, 0.717) is 24.5 Å². The third kappa shape index (κ3) is 2.76. The number of nitrogens with zero attached hydrogens (tertiary/aromatic N) is 1. The molecule has 1 aromatic carbocycles. The van der Waals surface area contributed by atoms with Gasteiger partial charge >= 0.3 is 0 Å². The number of carbonyl (C=O) groups excluding carboxylic acids is 1. The molecule has 3 N–H and O–H groups in total. The minimum absolute atomic E-state index is 0.0113. The molecule has 0 aromatic heterocycles. The molecule has 1 aromatic rings. The fourth-order valence-corrected chi connectivity index (χ4v) is 2.49. The van der Waals surface area contributed by atoms with Crippen molar-refractivity contribution in [1.82, 2.24) is 0 Å². The monoisotopic (exact) mass is 267 g/mol. The molecule has 0 saturated carbocycles. The molecule has 0 fully saturated rings. The fourth-order valence-electron chi connectivity index (χ4n) is 2.17. The van der Waals surface area contributed by atoms with Crippen LogP contribution in [0.1, 0.15) is 18.4 Å². The maximum atomic E-state index is 11.7. The molecule has 0 atom stereocenters. The van der Waals surface area contributed by atoms with E-state index >= 15 is 0 Å². The molecule has 0 unspecified atom stereocenters. The molecule has 1 heterocycles. The Bertz CT molecular complexity index is 462. The molecule has 5 heteroatoms. The lowest BCUT2D eigenvalue weighted by Crippen LogP contribution is -2.27. The highest BCUT2D eigenvalue weighted by atomic mass is 35.5. The summed E-state index contributed by atoms with van der Waals surface area (Å²) in [6.45, 7) is 4.20. The van der Waals surface area contributed by atoms with Crippen molar-refractivity contribution in [3.8, 4) is 0 Å². The molecule has 2 rings (SSSR count). The summed E-state index contributed by atoms with van der Waals surface area (Å²) in [6.07, 6.45) is 1.38. The highest BCUT2D eigenvalue weighted by Crippen LogP contribution is 2.36. The molecule has 0 saturated heterocycles. The summed E-state index contributed by atoms with van der Waals surface area (Å²) in [5, 5.41) is 3.48. The number of anilines is 2. The molecule has 1 amide bonds. The third-order valence-electron chi connectivity index (χ3n) is 3.06. The Hall–Kier alpha value is -1.26. The van der Waals surface area contributed by atoms with Crippen LogP contribution in [0, 0.1) is 6.92 Å². The maximum absolute atomic E-state index is 11.7. The molecule has 0 radical (unpaired) electrons. The van der Waals surface area contributed by atoms with Crippen LogP contribution in [0.3, 0.4) is 0 Å². The maximum Gasteiger partial charge on any atom is 0.226 e. The first kappa shape index (κ1) is 13.2. The summed E-state index contributed by atoms with van der Waals surface area (Å²) in [7, 11) is 0. The van der Waals surface area contributed by atoms with Crippen molar-refractivity contribution >= 4 is 28.9 Å². The molecule has 98 valence electrons. The molecular formula is C13H18ClN3O. The number of aryl methyl sites for hydroxylation is 1. The largest absolute Gasteiger partial charge is 0.369 e. The van der Waals surface area contributed by atoms with Crippen molar-refractivity contribution in [3.63, 3.8) is 0 Å². The summed E-state index contributed by atoms with van der Waals surface area (Å²) < 4.78 is 0. The van der Waals surface area contributed by atoms with E-state index in [-0.39, 0.29) is 5.91 Å². The normalized spacial score (nSPS) is 15.1. The zero-order valence-electron chi connectivity index (χ0n) is 10.5.